The molecule has 44 heavy (non-hydrogen) atoms. The number of carbonyl (C=O) groups excluding carboxylic acids is 1. The van der Waals surface area contributed by atoms with Crippen molar-refractivity contribution in [2.45, 2.75) is 91.6 Å². The van der Waals surface area contributed by atoms with Gasteiger partial charge in [-0.1, -0.05) is 0 Å². The molecular weight excluding hydrogens is 710 g/mol. The number of carbonyl (C=O) groups is 1. The van der Waals surface area contributed by atoms with Gasteiger partial charge in [-0.2, -0.15) is 52.7 Å². The minimum Gasteiger partial charge on any atom is -0.365 e. The summed E-state index contributed by atoms with van der Waals surface area (Å²) in [6, 6.07) is 0. The SMILES string of the molecule is NC(=O)C(OC(C(F)(F)C(F)F)(C(F)(F)C(F)F)C(F)(F)C(F)F)OC(C(F)(F)C(F)F)(C(F)(F)C(F)F)C(F)(F)C(F)F. The zero-order chi connectivity index (χ0) is 36.0. The highest BCUT2D eigenvalue weighted by Crippen LogP contribution is 2.62. The van der Waals surface area contributed by atoms with Gasteiger partial charge in [0.05, 0.1) is 0 Å². The summed E-state index contributed by atoms with van der Waals surface area (Å²) in [6.45, 7) is 0. The Morgan fingerprint density at radius 1 is 0.386 bits per heavy atom. The van der Waals surface area contributed by atoms with Crippen LogP contribution in [0, 0.1) is 0 Å². The topological polar surface area (TPSA) is 61.6 Å². The molecule has 0 aromatic heterocycles. The Morgan fingerprint density at radius 2 is 0.523 bits per heavy atom. The summed E-state index contributed by atoms with van der Waals surface area (Å²) in [6.07, 6.45) is -45.2. The number of ether oxygens (including phenoxy) is 2. The molecule has 264 valence electrons. The summed E-state index contributed by atoms with van der Waals surface area (Å²) in [7, 11) is 0. The highest BCUT2D eigenvalue weighted by atomic mass is 19.4. The Kier molecular flexibility index (Phi) is 11.8. The van der Waals surface area contributed by atoms with Crippen LogP contribution in [-0.4, -0.2) is 97.5 Å². The largest absolute Gasteiger partial charge is 0.365 e. The lowest BCUT2D eigenvalue weighted by Gasteiger charge is -2.51. The fourth-order valence-electron chi connectivity index (χ4n) is 3.19. The molecule has 28 heteroatoms. The van der Waals surface area contributed by atoms with Crippen molar-refractivity contribution in [3.8, 4) is 0 Å². The van der Waals surface area contributed by atoms with Gasteiger partial charge in [-0.3, -0.25) is 4.79 Å². The molecule has 0 aromatic rings. The second-order valence-electron chi connectivity index (χ2n) is 7.87. The average molecular weight is 719 g/mol. The molecule has 4 nitrogen and oxygen atoms in total. The smallest absolute Gasteiger partial charge is 0.348 e. The van der Waals surface area contributed by atoms with Crippen LogP contribution in [0.3, 0.4) is 0 Å². The lowest BCUT2D eigenvalue weighted by Crippen LogP contribution is -2.80. The van der Waals surface area contributed by atoms with Crippen molar-refractivity contribution in [3.05, 3.63) is 0 Å². The van der Waals surface area contributed by atoms with Crippen LogP contribution in [0.4, 0.5) is 105 Å². The first-order chi connectivity index (χ1) is 19.2. The van der Waals surface area contributed by atoms with E-state index in [1.807, 2.05) is 0 Å². The summed E-state index contributed by atoms with van der Waals surface area (Å²) in [4.78, 5) is 11.4. The van der Waals surface area contributed by atoms with Crippen LogP contribution >= 0.6 is 0 Å². The van der Waals surface area contributed by atoms with Crippen LogP contribution in [0.1, 0.15) is 0 Å². The first-order valence-corrected chi connectivity index (χ1v) is 9.78. The number of amides is 1. The Labute approximate surface area is 224 Å². The number of alkyl halides is 24. The van der Waals surface area contributed by atoms with Crippen molar-refractivity contribution >= 4 is 5.91 Å². The van der Waals surface area contributed by atoms with Gasteiger partial charge in [0, 0.05) is 0 Å². The summed E-state index contributed by atoms with van der Waals surface area (Å²) >= 11 is 0. The molecule has 2 N–H and O–H groups in total. The molecule has 0 aliphatic heterocycles. The van der Waals surface area contributed by atoms with E-state index in [2.05, 4.69) is 15.2 Å². The minimum atomic E-state index is -8.35. The van der Waals surface area contributed by atoms with E-state index in [4.69, 9.17) is 0 Å². The van der Waals surface area contributed by atoms with E-state index in [9.17, 15) is 110 Å². The van der Waals surface area contributed by atoms with Gasteiger partial charge in [0.15, 0.2) is 0 Å². The standard InChI is InChI=1S/C16H9F24NO3/c17-3(18)9(29,30)15(10(31,32)4(19)20,11(33,34)5(21)22)43-2(1(41)42)44-16(12(35,36)6(23)24,13(37,38)7(25)26)14(39,40)8(27)28/h2-8H,(H2,41,42). The zero-order valence-corrected chi connectivity index (χ0v) is 19.4. The molecule has 0 unspecified atom stereocenters. The predicted octanol–water partition coefficient (Wildman–Crippen LogP) is 6.71. The van der Waals surface area contributed by atoms with Crippen molar-refractivity contribution in [2.24, 2.45) is 5.73 Å². The van der Waals surface area contributed by atoms with E-state index in [0.29, 0.717) is 0 Å². The monoisotopic (exact) mass is 719 g/mol. The predicted molar refractivity (Wildman–Crippen MR) is 86.3 cm³/mol. The highest BCUT2D eigenvalue weighted by molar-refractivity contribution is 5.77. The van der Waals surface area contributed by atoms with E-state index < -0.39 is 97.5 Å². The minimum absolute atomic E-state index is 2.24. The number of halogens is 24. The Balaban J connectivity index is 8.54. The maximum Gasteiger partial charge on any atom is 0.348 e. The van der Waals surface area contributed by atoms with Gasteiger partial charge in [-0.25, -0.2) is 52.7 Å². The van der Waals surface area contributed by atoms with Crippen LogP contribution < -0.4 is 5.73 Å². The molecule has 1 amide bonds. The van der Waals surface area contributed by atoms with Gasteiger partial charge in [-0.05, 0) is 0 Å². The third-order valence-corrected chi connectivity index (χ3v) is 5.26. The van der Waals surface area contributed by atoms with Crippen LogP contribution in [-0.2, 0) is 14.3 Å². The lowest BCUT2D eigenvalue weighted by atomic mass is 9.80. The number of nitrogens with two attached hydrogens (primary N) is 1. The first-order valence-electron chi connectivity index (χ1n) is 9.78. The highest BCUT2D eigenvalue weighted by Gasteiger charge is 2.91. The third-order valence-electron chi connectivity index (χ3n) is 5.26. The number of hydrogen-bond donors (Lipinski definition) is 1. The number of rotatable bonds is 17. The maximum atomic E-state index is 14.2. The van der Waals surface area contributed by atoms with Gasteiger partial charge in [0.25, 0.3) is 17.1 Å². The lowest BCUT2D eigenvalue weighted by molar-refractivity contribution is -0.478. The molecule has 0 atom stereocenters. The molecule has 0 radical (unpaired) electrons. The second kappa shape index (κ2) is 12.5. The fourth-order valence-corrected chi connectivity index (χ4v) is 3.19. The second-order valence-corrected chi connectivity index (χ2v) is 7.87. The van der Waals surface area contributed by atoms with E-state index in [1.165, 1.54) is 0 Å². The van der Waals surface area contributed by atoms with Crippen LogP contribution in [0.25, 0.3) is 0 Å². The maximum absolute atomic E-state index is 14.2. The summed E-state index contributed by atoms with van der Waals surface area (Å²) in [5.41, 5.74) is -12.8. The van der Waals surface area contributed by atoms with Gasteiger partial charge in [0.1, 0.15) is 0 Å². The Hall–Kier alpha value is -2.29. The average Bonchev–Trinajstić information content (AvgIpc) is 2.82. The van der Waals surface area contributed by atoms with E-state index in [1.54, 1.807) is 0 Å². The van der Waals surface area contributed by atoms with Crippen molar-refractivity contribution in [2.75, 3.05) is 0 Å². The van der Waals surface area contributed by atoms with Crippen LogP contribution in [0.15, 0.2) is 0 Å². The first kappa shape index (κ1) is 41.7. The quantitative estimate of drug-likeness (QED) is 0.134. The molecule has 0 bridgehead atoms. The fraction of sp³-hybridized carbons (Fsp3) is 0.938. The van der Waals surface area contributed by atoms with Crippen molar-refractivity contribution < 1.29 is 120 Å². The Bertz CT molecular complexity index is 812. The van der Waals surface area contributed by atoms with Crippen molar-refractivity contribution in [3.63, 3.8) is 0 Å². The van der Waals surface area contributed by atoms with Crippen LogP contribution in [0.5, 0.6) is 0 Å². The molecule has 0 fully saturated rings. The van der Waals surface area contributed by atoms with Gasteiger partial charge >= 0.3 is 74.1 Å². The zero-order valence-electron chi connectivity index (χ0n) is 19.4. The number of hydrogen-bond acceptors (Lipinski definition) is 3. The van der Waals surface area contributed by atoms with E-state index in [0.717, 1.165) is 0 Å². The van der Waals surface area contributed by atoms with E-state index in [-0.39, 0.29) is 0 Å². The molecule has 0 aliphatic carbocycles. The molecule has 0 heterocycles. The molecule has 0 aromatic carbocycles. The third kappa shape index (κ3) is 5.75. The van der Waals surface area contributed by atoms with Crippen LogP contribution in [0.2, 0.25) is 0 Å². The van der Waals surface area contributed by atoms with Gasteiger partial charge < -0.3 is 15.2 Å². The van der Waals surface area contributed by atoms with E-state index >= 15 is 0 Å². The molecule has 0 saturated heterocycles. The Morgan fingerprint density at radius 3 is 0.614 bits per heavy atom. The number of primary amides is 1. The molecule has 0 rings (SSSR count). The van der Waals surface area contributed by atoms with Gasteiger partial charge in [-0.15, -0.1) is 0 Å². The van der Waals surface area contributed by atoms with Crippen molar-refractivity contribution in [1.82, 2.24) is 0 Å². The molecule has 0 saturated carbocycles. The summed E-state index contributed by atoms with van der Waals surface area (Å²) in [5, 5.41) is 0. The summed E-state index contributed by atoms with van der Waals surface area (Å²) < 4.78 is 331. The normalized spacial score (nSPS) is 15.7. The molecular formula is C16H9F24NO3. The van der Waals surface area contributed by atoms with Gasteiger partial charge in [0.2, 0.25) is 6.29 Å². The molecule has 0 spiro atoms. The summed E-state index contributed by atoms with van der Waals surface area (Å²) in [5.74, 6) is -53.0. The molecule has 0 aliphatic rings. The van der Waals surface area contributed by atoms with Crippen molar-refractivity contribution in [1.29, 1.82) is 0 Å².